The average molecular weight is 355 g/mol. The van der Waals surface area contributed by atoms with E-state index in [1.807, 2.05) is 24.0 Å². The molecule has 0 atom stereocenters. The van der Waals surface area contributed by atoms with E-state index < -0.39 is 0 Å². The third-order valence-corrected chi connectivity index (χ3v) is 4.86. The lowest BCUT2D eigenvalue weighted by molar-refractivity contribution is 0.0712. The second kappa shape index (κ2) is 8.13. The van der Waals surface area contributed by atoms with E-state index in [2.05, 4.69) is 0 Å². The predicted octanol–water partition coefficient (Wildman–Crippen LogP) is 3.82. The molecule has 1 saturated heterocycles. The van der Waals surface area contributed by atoms with Gasteiger partial charge >= 0.3 is 0 Å². The van der Waals surface area contributed by atoms with Crippen LogP contribution in [0.5, 0.6) is 17.2 Å². The first-order valence-corrected chi connectivity index (χ1v) is 9.01. The van der Waals surface area contributed by atoms with Gasteiger partial charge in [-0.3, -0.25) is 4.79 Å². The minimum absolute atomic E-state index is 0.0257. The number of amides is 1. The van der Waals surface area contributed by atoms with Crippen LogP contribution in [0, 0.1) is 0 Å². The molecule has 1 fully saturated rings. The molecule has 2 aromatic carbocycles. The minimum atomic E-state index is 0.0257. The Balaban J connectivity index is 1.66. The Morgan fingerprint density at radius 1 is 1.12 bits per heavy atom. The van der Waals surface area contributed by atoms with Crippen molar-refractivity contribution in [2.24, 2.45) is 0 Å². The number of hydrogen-bond donors (Lipinski definition) is 1. The van der Waals surface area contributed by atoms with Crippen LogP contribution in [0.4, 0.5) is 0 Å². The summed E-state index contributed by atoms with van der Waals surface area (Å²) < 4.78 is 10.9. The van der Waals surface area contributed by atoms with E-state index in [1.54, 1.807) is 37.4 Å². The van der Waals surface area contributed by atoms with Gasteiger partial charge in [-0.1, -0.05) is 12.1 Å². The van der Waals surface area contributed by atoms with Crippen molar-refractivity contribution in [3.8, 4) is 17.2 Å². The molecule has 5 heteroatoms. The third kappa shape index (κ3) is 3.93. The highest BCUT2D eigenvalue weighted by molar-refractivity contribution is 5.95. The molecule has 1 aliphatic heterocycles. The highest BCUT2D eigenvalue weighted by atomic mass is 16.5. The molecule has 0 saturated carbocycles. The van der Waals surface area contributed by atoms with Crippen molar-refractivity contribution in [1.29, 1.82) is 0 Å². The smallest absolute Gasteiger partial charge is 0.253 e. The van der Waals surface area contributed by atoms with Gasteiger partial charge in [-0.25, -0.2) is 0 Å². The number of carbonyl (C=O) groups excluding carboxylic acids is 1. The van der Waals surface area contributed by atoms with E-state index >= 15 is 0 Å². The number of benzene rings is 2. The zero-order chi connectivity index (χ0) is 18.5. The number of aromatic hydroxyl groups is 1. The lowest BCUT2D eigenvalue weighted by Crippen LogP contribution is -2.37. The molecule has 0 aromatic heterocycles. The third-order valence-electron chi connectivity index (χ3n) is 4.86. The molecular formula is C21H25NO4. The second-order valence-electron chi connectivity index (χ2n) is 6.46. The molecule has 1 heterocycles. The summed E-state index contributed by atoms with van der Waals surface area (Å²) in [4.78, 5) is 14.7. The lowest BCUT2D eigenvalue weighted by Gasteiger charge is -2.32. The van der Waals surface area contributed by atoms with Crippen molar-refractivity contribution in [2.75, 3.05) is 26.8 Å². The van der Waals surface area contributed by atoms with Crippen LogP contribution < -0.4 is 9.47 Å². The molecule has 138 valence electrons. The number of phenolic OH excluding ortho intramolecular Hbond substituents is 1. The normalized spacial score (nSPS) is 14.9. The Kier molecular flexibility index (Phi) is 5.66. The number of methoxy groups -OCH3 is 1. The number of hydrogen-bond acceptors (Lipinski definition) is 4. The Bertz CT molecular complexity index is 749. The van der Waals surface area contributed by atoms with Gasteiger partial charge in [0.1, 0.15) is 5.75 Å². The summed E-state index contributed by atoms with van der Waals surface area (Å²) in [6, 6.07) is 12.7. The van der Waals surface area contributed by atoms with Crippen LogP contribution in [-0.2, 0) is 0 Å². The highest BCUT2D eigenvalue weighted by Gasteiger charge is 2.25. The summed E-state index contributed by atoms with van der Waals surface area (Å²) in [5.74, 6) is 1.97. The molecule has 0 aliphatic carbocycles. The van der Waals surface area contributed by atoms with E-state index in [0.29, 0.717) is 29.6 Å². The second-order valence-corrected chi connectivity index (χ2v) is 6.46. The first kappa shape index (κ1) is 18.1. The van der Waals surface area contributed by atoms with E-state index in [-0.39, 0.29) is 11.7 Å². The topological polar surface area (TPSA) is 59.0 Å². The summed E-state index contributed by atoms with van der Waals surface area (Å²) >= 11 is 0. The lowest BCUT2D eigenvalue weighted by atomic mass is 9.89. The summed E-state index contributed by atoms with van der Waals surface area (Å²) in [7, 11) is 1.59. The van der Waals surface area contributed by atoms with Crippen molar-refractivity contribution in [3.05, 3.63) is 53.6 Å². The number of ether oxygens (including phenoxy) is 2. The molecule has 26 heavy (non-hydrogen) atoms. The van der Waals surface area contributed by atoms with Crippen LogP contribution in [-0.4, -0.2) is 42.7 Å². The minimum Gasteiger partial charge on any atom is -0.508 e. The summed E-state index contributed by atoms with van der Waals surface area (Å²) in [5.41, 5.74) is 1.84. The summed E-state index contributed by atoms with van der Waals surface area (Å²) in [5, 5.41) is 9.42. The molecule has 0 radical (unpaired) electrons. The Hall–Kier alpha value is -2.69. The highest BCUT2D eigenvalue weighted by Crippen LogP contribution is 2.31. The van der Waals surface area contributed by atoms with Gasteiger partial charge in [-0.2, -0.15) is 0 Å². The fourth-order valence-corrected chi connectivity index (χ4v) is 3.42. The van der Waals surface area contributed by atoms with Crippen molar-refractivity contribution in [3.63, 3.8) is 0 Å². The largest absolute Gasteiger partial charge is 0.508 e. The average Bonchev–Trinajstić information content (AvgIpc) is 2.68. The van der Waals surface area contributed by atoms with Crippen molar-refractivity contribution >= 4 is 5.91 Å². The van der Waals surface area contributed by atoms with Crippen LogP contribution in [0.15, 0.2) is 42.5 Å². The Labute approximate surface area is 154 Å². The zero-order valence-corrected chi connectivity index (χ0v) is 15.3. The van der Waals surface area contributed by atoms with Crippen molar-refractivity contribution in [2.45, 2.75) is 25.7 Å². The molecule has 0 spiro atoms. The van der Waals surface area contributed by atoms with Gasteiger partial charge in [-0.15, -0.1) is 0 Å². The molecule has 1 aliphatic rings. The van der Waals surface area contributed by atoms with Crippen LogP contribution in [0.1, 0.15) is 41.6 Å². The van der Waals surface area contributed by atoms with Crippen LogP contribution in [0.2, 0.25) is 0 Å². The summed E-state index contributed by atoms with van der Waals surface area (Å²) in [6.45, 7) is 3.87. The number of piperidine rings is 1. The molecule has 3 rings (SSSR count). The standard InChI is InChI=1S/C21H25NO4/c1-3-26-20-14-17(6-9-19(20)25-2)21(24)22-12-10-16(11-13-22)15-4-7-18(23)8-5-15/h4-9,14,16,23H,3,10-13H2,1-2H3. The number of nitrogens with zero attached hydrogens (tertiary/aromatic N) is 1. The van der Waals surface area contributed by atoms with Gasteiger partial charge in [0.2, 0.25) is 0 Å². The maximum atomic E-state index is 12.8. The number of phenols is 1. The number of carbonyl (C=O) groups is 1. The molecule has 0 unspecified atom stereocenters. The zero-order valence-electron chi connectivity index (χ0n) is 15.3. The fraction of sp³-hybridized carbons (Fsp3) is 0.381. The first-order valence-electron chi connectivity index (χ1n) is 9.01. The number of likely N-dealkylation sites (tertiary alicyclic amines) is 1. The van der Waals surface area contributed by atoms with Gasteiger partial charge in [0.05, 0.1) is 13.7 Å². The van der Waals surface area contributed by atoms with E-state index in [4.69, 9.17) is 9.47 Å². The number of rotatable bonds is 5. The fourth-order valence-electron chi connectivity index (χ4n) is 3.42. The monoisotopic (exact) mass is 355 g/mol. The van der Waals surface area contributed by atoms with Crippen molar-refractivity contribution < 1.29 is 19.4 Å². The molecule has 2 aromatic rings. The van der Waals surface area contributed by atoms with Gasteiger partial charge in [0, 0.05) is 18.7 Å². The van der Waals surface area contributed by atoms with Gasteiger partial charge in [0.15, 0.2) is 11.5 Å². The predicted molar refractivity (Wildman–Crippen MR) is 100 cm³/mol. The maximum Gasteiger partial charge on any atom is 0.253 e. The van der Waals surface area contributed by atoms with Crippen LogP contribution >= 0.6 is 0 Å². The first-order chi connectivity index (χ1) is 12.6. The molecule has 5 nitrogen and oxygen atoms in total. The molecule has 0 bridgehead atoms. The summed E-state index contributed by atoms with van der Waals surface area (Å²) in [6.07, 6.45) is 1.84. The van der Waals surface area contributed by atoms with Gasteiger partial charge < -0.3 is 19.5 Å². The van der Waals surface area contributed by atoms with Gasteiger partial charge in [0.25, 0.3) is 5.91 Å². The van der Waals surface area contributed by atoms with E-state index in [9.17, 15) is 9.90 Å². The molecule has 1 N–H and O–H groups in total. The molecule has 1 amide bonds. The van der Waals surface area contributed by atoms with Crippen LogP contribution in [0.25, 0.3) is 0 Å². The van der Waals surface area contributed by atoms with Crippen molar-refractivity contribution in [1.82, 2.24) is 4.90 Å². The Morgan fingerprint density at radius 3 is 2.42 bits per heavy atom. The maximum absolute atomic E-state index is 12.8. The van der Waals surface area contributed by atoms with Gasteiger partial charge in [-0.05, 0) is 61.6 Å². The van der Waals surface area contributed by atoms with E-state index in [0.717, 1.165) is 25.9 Å². The molecular weight excluding hydrogens is 330 g/mol. The quantitative estimate of drug-likeness (QED) is 0.886. The van der Waals surface area contributed by atoms with Crippen LogP contribution in [0.3, 0.4) is 0 Å². The Morgan fingerprint density at radius 2 is 1.81 bits per heavy atom. The van der Waals surface area contributed by atoms with E-state index in [1.165, 1.54) is 5.56 Å². The SMILES string of the molecule is CCOc1cc(C(=O)N2CCC(c3ccc(O)cc3)CC2)ccc1OC.